The number of carbonyl (C=O) groups excluding carboxylic acids is 2. The molecule has 1 saturated heterocycles. The number of nitrogens with one attached hydrogen (secondary N) is 1. The van der Waals surface area contributed by atoms with Gasteiger partial charge in [0.15, 0.2) is 0 Å². The summed E-state index contributed by atoms with van der Waals surface area (Å²) in [6.07, 6.45) is 0.420. The number of aromatic amines is 1. The fourth-order valence-corrected chi connectivity index (χ4v) is 1.96. The minimum absolute atomic E-state index is 0.210. The van der Waals surface area contributed by atoms with Gasteiger partial charge in [0.1, 0.15) is 12.1 Å². The molecular formula is C12H12N4O4. The van der Waals surface area contributed by atoms with Crippen molar-refractivity contribution in [2.45, 2.75) is 20.0 Å². The molecule has 1 fully saturated rings. The largest absolute Gasteiger partial charge is 0.462 e. The van der Waals surface area contributed by atoms with Crippen molar-refractivity contribution < 1.29 is 19.1 Å². The average molecular weight is 276 g/mol. The van der Waals surface area contributed by atoms with Gasteiger partial charge in [-0.2, -0.15) is 10.3 Å². The molecule has 0 unspecified atom stereocenters. The summed E-state index contributed by atoms with van der Waals surface area (Å²) in [5.41, 5.74) is 0.523. The van der Waals surface area contributed by atoms with E-state index in [4.69, 9.17) is 9.47 Å². The molecule has 0 aliphatic carbocycles. The zero-order chi connectivity index (χ0) is 14.3. The number of cyclic esters (lactones) is 1. The van der Waals surface area contributed by atoms with E-state index in [1.54, 1.807) is 13.8 Å². The molecule has 104 valence electrons. The summed E-state index contributed by atoms with van der Waals surface area (Å²) in [5, 5.41) is 10.0. The number of H-pyrrole nitrogens is 1. The van der Waals surface area contributed by atoms with Crippen LogP contribution in [-0.2, 0) is 14.3 Å². The van der Waals surface area contributed by atoms with Crippen LogP contribution < -0.4 is 0 Å². The maximum Gasteiger partial charge on any atom is 0.348 e. The minimum atomic E-state index is -0.914. The molecule has 0 saturated carbocycles. The third kappa shape index (κ3) is 1.98. The first-order valence-electron chi connectivity index (χ1n) is 6.01. The molecule has 3 heterocycles. The van der Waals surface area contributed by atoms with Crippen LogP contribution >= 0.6 is 0 Å². The van der Waals surface area contributed by atoms with Gasteiger partial charge in [-0.3, -0.25) is 0 Å². The van der Waals surface area contributed by atoms with Gasteiger partial charge in [0.2, 0.25) is 11.8 Å². The number of ether oxygens (including phenoxy) is 2. The van der Waals surface area contributed by atoms with E-state index in [1.807, 2.05) is 0 Å². The molecule has 0 bridgehead atoms. The van der Waals surface area contributed by atoms with Crippen LogP contribution in [0.1, 0.15) is 24.2 Å². The molecule has 1 aliphatic rings. The predicted octanol–water partition coefficient (Wildman–Crippen LogP) is 0.461. The molecule has 2 aromatic heterocycles. The van der Waals surface area contributed by atoms with Gasteiger partial charge in [0.25, 0.3) is 0 Å². The summed E-state index contributed by atoms with van der Waals surface area (Å²) in [6, 6.07) is 1.50. The Labute approximate surface area is 113 Å². The highest BCUT2D eigenvalue weighted by atomic mass is 16.6. The van der Waals surface area contributed by atoms with Crippen molar-refractivity contribution in [1.82, 2.24) is 20.4 Å². The lowest BCUT2D eigenvalue weighted by Gasteiger charge is -2.21. The Morgan fingerprint density at radius 2 is 2.30 bits per heavy atom. The molecule has 20 heavy (non-hydrogen) atoms. The summed E-state index contributed by atoms with van der Waals surface area (Å²) in [5.74, 6) is -1.17. The molecule has 1 aliphatic heterocycles. The highest BCUT2D eigenvalue weighted by Crippen LogP contribution is 2.31. The fourth-order valence-electron chi connectivity index (χ4n) is 1.96. The Morgan fingerprint density at radius 3 is 3.00 bits per heavy atom. The zero-order valence-corrected chi connectivity index (χ0v) is 10.9. The van der Waals surface area contributed by atoms with Gasteiger partial charge >= 0.3 is 11.9 Å². The first kappa shape index (κ1) is 12.5. The van der Waals surface area contributed by atoms with Crippen LogP contribution in [0.2, 0.25) is 0 Å². The molecule has 0 amide bonds. The summed E-state index contributed by atoms with van der Waals surface area (Å²) in [6.45, 7) is 3.83. The van der Waals surface area contributed by atoms with Gasteiger partial charge in [0, 0.05) is 11.6 Å². The topological polar surface area (TPSA) is 107 Å². The lowest BCUT2D eigenvalue weighted by Crippen LogP contribution is -2.34. The van der Waals surface area contributed by atoms with E-state index in [9.17, 15) is 9.59 Å². The van der Waals surface area contributed by atoms with Crippen molar-refractivity contribution in [3.05, 3.63) is 17.8 Å². The molecule has 0 aromatic carbocycles. The highest BCUT2D eigenvalue weighted by molar-refractivity contribution is 5.94. The second-order valence-electron chi connectivity index (χ2n) is 5.27. The van der Waals surface area contributed by atoms with Gasteiger partial charge in [-0.1, -0.05) is 13.8 Å². The normalized spacial score (nSPS) is 20.9. The molecule has 0 spiro atoms. The van der Waals surface area contributed by atoms with Gasteiger partial charge in [0.05, 0.1) is 5.56 Å². The van der Waals surface area contributed by atoms with E-state index in [0.717, 1.165) is 0 Å². The van der Waals surface area contributed by atoms with Crippen LogP contribution in [-0.4, -0.2) is 45.0 Å². The molecule has 3 rings (SSSR count). The number of pyridine rings is 1. The Kier molecular flexibility index (Phi) is 2.66. The number of hydrogen-bond acceptors (Lipinski definition) is 7. The molecule has 8 nitrogen and oxygen atoms in total. The SMILES string of the molecule is CC1(C)COC(=O)[C@@H]1OC(=O)c1cnc2n[nH]nc2c1. The van der Waals surface area contributed by atoms with E-state index in [2.05, 4.69) is 20.4 Å². The van der Waals surface area contributed by atoms with E-state index >= 15 is 0 Å². The van der Waals surface area contributed by atoms with Gasteiger partial charge in [-0.05, 0) is 6.07 Å². The number of aromatic nitrogens is 4. The van der Waals surface area contributed by atoms with E-state index in [-0.39, 0.29) is 12.2 Å². The van der Waals surface area contributed by atoms with Gasteiger partial charge in [-0.15, -0.1) is 5.10 Å². The summed E-state index contributed by atoms with van der Waals surface area (Å²) in [4.78, 5) is 27.6. The summed E-state index contributed by atoms with van der Waals surface area (Å²) < 4.78 is 10.2. The second-order valence-corrected chi connectivity index (χ2v) is 5.27. The Bertz CT molecular complexity index is 694. The van der Waals surface area contributed by atoms with Crippen LogP contribution in [0, 0.1) is 5.41 Å². The van der Waals surface area contributed by atoms with Crippen molar-refractivity contribution in [2.75, 3.05) is 6.61 Å². The number of rotatable bonds is 2. The van der Waals surface area contributed by atoms with E-state index in [0.29, 0.717) is 11.2 Å². The van der Waals surface area contributed by atoms with Crippen molar-refractivity contribution in [2.24, 2.45) is 5.41 Å². The van der Waals surface area contributed by atoms with Crippen LogP contribution in [0.15, 0.2) is 12.3 Å². The summed E-state index contributed by atoms with van der Waals surface area (Å²) in [7, 11) is 0. The number of esters is 2. The molecule has 2 aromatic rings. The first-order valence-corrected chi connectivity index (χ1v) is 6.01. The van der Waals surface area contributed by atoms with E-state index in [1.165, 1.54) is 12.3 Å². The Morgan fingerprint density at radius 1 is 1.50 bits per heavy atom. The van der Waals surface area contributed by atoms with Gasteiger partial charge < -0.3 is 9.47 Å². The second kappa shape index (κ2) is 4.26. The third-order valence-electron chi connectivity index (χ3n) is 3.14. The predicted molar refractivity (Wildman–Crippen MR) is 65.6 cm³/mol. The number of carbonyl (C=O) groups is 2. The number of hydrogen-bond donors (Lipinski definition) is 1. The molecule has 1 atom stereocenters. The molecule has 1 N–H and O–H groups in total. The number of fused-ring (bicyclic) bond motifs is 1. The van der Waals surface area contributed by atoms with Crippen LogP contribution in [0.5, 0.6) is 0 Å². The maximum atomic E-state index is 12.1. The van der Waals surface area contributed by atoms with Gasteiger partial charge in [-0.25, -0.2) is 14.6 Å². The van der Waals surface area contributed by atoms with Crippen molar-refractivity contribution in [3.8, 4) is 0 Å². The zero-order valence-electron chi connectivity index (χ0n) is 10.9. The quantitative estimate of drug-likeness (QED) is 0.794. The van der Waals surface area contributed by atoms with Crippen LogP contribution in [0.4, 0.5) is 0 Å². The first-order chi connectivity index (χ1) is 9.47. The Hall–Kier alpha value is -2.51. The average Bonchev–Trinajstić information content (AvgIpc) is 2.97. The standard InChI is InChI=1S/C12H12N4O4/c1-12(2)5-19-11(18)8(12)20-10(17)6-3-7-9(13-4-6)15-16-14-7/h3-4,8H,5H2,1-2H3,(H,13,14,15,16)/t8-/m0/s1. The minimum Gasteiger partial charge on any atom is -0.462 e. The Balaban J connectivity index is 1.83. The summed E-state index contributed by atoms with van der Waals surface area (Å²) >= 11 is 0. The maximum absolute atomic E-state index is 12.1. The molecule has 0 radical (unpaired) electrons. The lowest BCUT2D eigenvalue weighted by atomic mass is 9.90. The monoisotopic (exact) mass is 276 g/mol. The van der Waals surface area contributed by atoms with E-state index < -0.39 is 23.5 Å². The smallest absolute Gasteiger partial charge is 0.348 e. The third-order valence-corrected chi connectivity index (χ3v) is 3.14. The van der Waals surface area contributed by atoms with Crippen molar-refractivity contribution in [1.29, 1.82) is 0 Å². The molecular weight excluding hydrogens is 264 g/mol. The van der Waals surface area contributed by atoms with Crippen LogP contribution in [0.25, 0.3) is 11.2 Å². The number of nitrogens with zero attached hydrogens (tertiary/aromatic N) is 3. The van der Waals surface area contributed by atoms with Crippen LogP contribution in [0.3, 0.4) is 0 Å². The van der Waals surface area contributed by atoms with Crippen molar-refractivity contribution in [3.63, 3.8) is 0 Å². The van der Waals surface area contributed by atoms with Crippen molar-refractivity contribution >= 4 is 23.1 Å². The molecule has 8 heteroatoms. The lowest BCUT2D eigenvalue weighted by molar-refractivity contribution is -0.145. The fraction of sp³-hybridized carbons (Fsp3) is 0.417. The highest BCUT2D eigenvalue weighted by Gasteiger charge is 2.46.